The molecule has 0 radical (unpaired) electrons. The molecule has 0 spiro atoms. The number of fused-ring (bicyclic) bond motifs is 1. The van der Waals surface area contributed by atoms with Crippen LogP contribution in [0.5, 0.6) is 0 Å². The van der Waals surface area contributed by atoms with Crippen LogP contribution in [0.1, 0.15) is 36.6 Å². The molecular weight excluding hydrogens is 507 g/mol. The number of nitrogens with zero attached hydrogens (tertiary/aromatic N) is 3. The molecule has 3 amide bonds. The molecular formula is C24H16BrFN4O4. The Balaban J connectivity index is 1.70. The Kier molecular flexibility index (Phi) is 6.33. The van der Waals surface area contributed by atoms with E-state index in [0.29, 0.717) is 0 Å². The maximum absolute atomic E-state index is 15.0. The Morgan fingerprint density at radius 2 is 1.59 bits per heavy atom. The minimum atomic E-state index is -0.890. The quantitative estimate of drug-likeness (QED) is 0.133. The minimum Gasteiger partial charge on any atom is -0.322 e. The van der Waals surface area contributed by atoms with E-state index in [2.05, 4.69) is 21.0 Å². The number of amides is 3. The molecule has 1 heterocycles. The summed E-state index contributed by atoms with van der Waals surface area (Å²) < 4.78 is 15.7. The SMILES string of the molecule is NN=CN(C(=O)CN1C(=O)c2ccccc2C1=O)c1c(F)cccc1C(=O)c1ccc(Br)cc1. The van der Waals surface area contributed by atoms with Gasteiger partial charge < -0.3 is 5.84 Å². The first-order valence-corrected chi connectivity index (χ1v) is 10.7. The lowest BCUT2D eigenvalue weighted by Crippen LogP contribution is -2.43. The Bertz CT molecular complexity index is 1320. The molecule has 1 aliphatic rings. The van der Waals surface area contributed by atoms with Crippen LogP contribution in [0.3, 0.4) is 0 Å². The summed E-state index contributed by atoms with van der Waals surface area (Å²) >= 11 is 3.29. The average molecular weight is 523 g/mol. The molecule has 0 unspecified atom stereocenters. The van der Waals surface area contributed by atoms with Crippen LogP contribution < -0.4 is 10.7 Å². The highest BCUT2D eigenvalue weighted by Gasteiger charge is 2.38. The summed E-state index contributed by atoms with van der Waals surface area (Å²) in [7, 11) is 0. The number of carbonyl (C=O) groups excluding carboxylic acids is 4. The van der Waals surface area contributed by atoms with Crippen molar-refractivity contribution in [1.29, 1.82) is 0 Å². The Morgan fingerprint density at radius 3 is 2.18 bits per heavy atom. The lowest BCUT2D eigenvalue weighted by molar-refractivity contribution is -0.118. The molecule has 10 heteroatoms. The number of imide groups is 1. The fourth-order valence-corrected chi connectivity index (χ4v) is 3.87. The summed E-state index contributed by atoms with van der Waals surface area (Å²) in [6.07, 6.45) is 0.831. The van der Waals surface area contributed by atoms with Gasteiger partial charge in [0.2, 0.25) is 0 Å². The van der Waals surface area contributed by atoms with Gasteiger partial charge in [0, 0.05) is 15.6 Å². The molecule has 0 aromatic heterocycles. The van der Waals surface area contributed by atoms with Gasteiger partial charge in [-0.2, -0.15) is 5.10 Å². The Hall–Kier alpha value is -4.18. The van der Waals surface area contributed by atoms with Gasteiger partial charge in [0.1, 0.15) is 18.7 Å². The number of benzene rings is 3. The highest BCUT2D eigenvalue weighted by molar-refractivity contribution is 9.10. The molecule has 2 N–H and O–H groups in total. The zero-order chi connectivity index (χ0) is 24.4. The lowest BCUT2D eigenvalue weighted by atomic mass is 10.0. The third-order valence-corrected chi connectivity index (χ3v) is 5.73. The van der Waals surface area contributed by atoms with E-state index in [4.69, 9.17) is 5.84 Å². The first kappa shape index (κ1) is 23.0. The van der Waals surface area contributed by atoms with Crippen molar-refractivity contribution in [2.45, 2.75) is 0 Å². The number of para-hydroxylation sites is 1. The maximum atomic E-state index is 15.0. The average Bonchev–Trinajstić information content (AvgIpc) is 3.07. The van der Waals surface area contributed by atoms with Gasteiger partial charge in [0.15, 0.2) is 5.78 Å². The third kappa shape index (κ3) is 4.11. The van der Waals surface area contributed by atoms with Crippen LogP contribution in [0, 0.1) is 5.82 Å². The molecule has 0 atom stereocenters. The van der Waals surface area contributed by atoms with Crippen LogP contribution in [-0.4, -0.2) is 41.3 Å². The molecule has 170 valence electrons. The highest BCUT2D eigenvalue weighted by atomic mass is 79.9. The topological polar surface area (TPSA) is 113 Å². The van der Waals surface area contributed by atoms with Crippen molar-refractivity contribution in [2.24, 2.45) is 10.9 Å². The van der Waals surface area contributed by atoms with E-state index in [1.807, 2.05) is 0 Å². The second kappa shape index (κ2) is 9.36. The van der Waals surface area contributed by atoms with Crippen LogP contribution in [0.25, 0.3) is 0 Å². The monoisotopic (exact) mass is 522 g/mol. The number of ketones is 1. The zero-order valence-corrected chi connectivity index (χ0v) is 19.0. The molecule has 34 heavy (non-hydrogen) atoms. The standard InChI is InChI=1S/C24H16BrFN4O4/c25-15-10-8-14(9-11-15)22(32)18-6-3-7-19(26)21(18)30(13-28-27)20(31)12-29-23(33)16-4-1-2-5-17(16)24(29)34/h1-11,13H,12,27H2. The summed E-state index contributed by atoms with van der Waals surface area (Å²) in [5.41, 5.74) is 0.0596. The second-order valence-corrected chi connectivity index (χ2v) is 8.16. The molecule has 8 nitrogen and oxygen atoms in total. The first-order chi connectivity index (χ1) is 16.3. The number of halogens is 2. The molecule has 3 aromatic carbocycles. The normalized spacial score (nSPS) is 12.8. The van der Waals surface area contributed by atoms with Crippen molar-refractivity contribution in [3.8, 4) is 0 Å². The lowest BCUT2D eigenvalue weighted by Gasteiger charge is -2.23. The van der Waals surface area contributed by atoms with E-state index in [9.17, 15) is 19.2 Å². The fourth-order valence-electron chi connectivity index (χ4n) is 3.61. The van der Waals surface area contributed by atoms with Crippen molar-refractivity contribution < 1.29 is 23.6 Å². The van der Waals surface area contributed by atoms with Gasteiger partial charge in [-0.05, 0) is 48.5 Å². The maximum Gasteiger partial charge on any atom is 0.262 e. The number of carbonyl (C=O) groups is 4. The van der Waals surface area contributed by atoms with Gasteiger partial charge in [-0.3, -0.25) is 29.0 Å². The molecule has 0 saturated heterocycles. The van der Waals surface area contributed by atoms with Gasteiger partial charge in [0.25, 0.3) is 17.7 Å². The van der Waals surface area contributed by atoms with E-state index in [0.717, 1.165) is 26.7 Å². The van der Waals surface area contributed by atoms with E-state index < -0.39 is 41.6 Å². The van der Waals surface area contributed by atoms with Crippen LogP contribution in [0.15, 0.2) is 76.3 Å². The van der Waals surface area contributed by atoms with E-state index in [1.54, 1.807) is 36.4 Å². The predicted octanol–water partition coefficient (Wildman–Crippen LogP) is 3.35. The van der Waals surface area contributed by atoms with Crippen LogP contribution in [-0.2, 0) is 4.79 Å². The summed E-state index contributed by atoms with van der Waals surface area (Å²) in [4.78, 5) is 53.1. The van der Waals surface area contributed by atoms with Crippen molar-refractivity contribution in [2.75, 3.05) is 11.4 Å². The van der Waals surface area contributed by atoms with Crippen molar-refractivity contribution in [3.05, 3.63) is 99.3 Å². The number of hydrogen-bond acceptors (Lipinski definition) is 6. The third-order valence-electron chi connectivity index (χ3n) is 5.20. The van der Waals surface area contributed by atoms with Crippen LogP contribution in [0.4, 0.5) is 10.1 Å². The highest BCUT2D eigenvalue weighted by Crippen LogP contribution is 2.28. The summed E-state index contributed by atoms with van der Waals surface area (Å²) in [5, 5.41) is 3.32. The second-order valence-electron chi connectivity index (χ2n) is 7.24. The summed E-state index contributed by atoms with van der Waals surface area (Å²) in [6, 6.07) is 16.3. The van der Waals surface area contributed by atoms with Crippen LogP contribution in [0.2, 0.25) is 0 Å². The van der Waals surface area contributed by atoms with Gasteiger partial charge in [-0.15, -0.1) is 0 Å². The molecule has 0 saturated carbocycles. The number of anilines is 1. The minimum absolute atomic E-state index is 0.127. The smallest absolute Gasteiger partial charge is 0.262 e. The van der Waals surface area contributed by atoms with E-state index >= 15 is 4.39 Å². The van der Waals surface area contributed by atoms with Gasteiger partial charge >= 0.3 is 0 Å². The molecule has 0 bridgehead atoms. The summed E-state index contributed by atoms with van der Waals surface area (Å²) in [6.45, 7) is -0.710. The van der Waals surface area contributed by atoms with Gasteiger partial charge in [-0.25, -0.2) is 4.39 Å². The Morgan fingerprint density at radius 1 is 0.971 bits per heavy atom. The predicted molar refractivity (Wildman–Crippen MR) is 126 cm³/mol. The largest absolute Gasteiger partial charge is 0.322 e. The molecule has 3 aromatic rings. The van der Waals surface area contributed by atoms with Crippen LogP contribution >= 0.6 is 15.9 Å². The number of hydrogen-bond donors (Lipinski definition) is 1. The van der Waals surface area contributed by atoms with Crippen molar-refractivity contribution in [3.63, 3.8) is 0 Å². The van der Waals surface area contributed by atoms with Gasteiger partial charge in [-0.1, -0.05) is 34.1 Å². The zero-order valence-electron chi connectivity index (χ0n) is 17.4. The summed E-state index contributed by atoms with van der Waals surface area (Å²) in [5.74, 6) is 1.62. The van der Waals surface area contributed by atoms with E-state index in [1.165, 1.54) is 24.3 Å². The van der Waals surface area contributed by atoms with Crippen molar-refractivity contribution in [1.82, 2.24) is 4.90 Å². The number of rotatable bonds is 6. The Labute approximate surface area is 201 Å². The fraction of sp³-hybridized carbons (Fsp3) is 0.0417. The number of hydrazone groups is 1. The molecule has 4 rings (SSSR count). The first-order valence-electron chi connectivity index (χ1n) is 9.93. The molecule has 0 fully saturated rings. The van der Waals surface area contributed by atoms with E-state index in [-0.39, 0.29) is 22.3 Å². The van der Waals surface area contributed by atoms with Gasteiger partial charge in [0.05, 0.1) is 16.8 Å². The number of nitrogens with two attached hydrogens (primary N) is 1. The molecule has 1 aliphatic heterocycles. The molecule has 0 aliphatic carbocycles. The van der Waals surface area contributed by atoms with Crippen molar-refractivity contribution >= 4 is 51.5 Å².